The van der Waals surface area contributed by atoms with Gasteiger partial charge in [-0.05, 0) is 26.3 Å². The molecular formula is C10H22N2O3S2. The lowest BCUT2D eigenvalue weighted by Gasteiger charge is -2.23. The SMILES string of the molecule is CC(CNS(=O)(=O)CC1CCCCN1)S(C)=O. The normalized spacial score (nSPS) is 25.4. The largest absolute Gasteiger partial charge is 0.313 e. The van der Waals surface area contributed by atoms with Gasteiger partial charge in [0, 0.05) is 34.9 Å². The zero-order chi connectivity index (χ0) is 12.9. The monoisotopic (exact) mass is 282 g/mol. The Bertz CT molecular complexity index is 351. The molecule has 0 aromatic carbocycles. The predicted octanol–water partition coefficient (Wildman–Crippen LogP) is -0.185. The van der Waals surface area contributed by atoms with E-state index in [0.717, 1.165) is 25.8 Å². The average Bonchev–Trinajstić information content (AvgIpc) is 2.26. The molecule has 5 nitrogen and oxygen atoms in total. The van der Waals surface area contributed by atoms with Crippen LogP contribution in [0.25, 0.3) is 0 Å². The van der Waals surface area contributed by atoms with Crippen LogP contribution in [0.2, 0.25) is 0 Å². The van der Waals surface area contributed by atoms with Crippen LogP contribution >= 0.6 is 0 Å². The molecule has 3 atom stereocenters. The Balaban J connectivity index is 2.37. The van der Waals surface area contributed by atoms with E-state index < -0.39 is 20.8 Å². The second-order valence-electron chi connectivity index (χ2n) is 4.59. The first-order valence-corrected chi connectivity index (χ1v) is 9.21. The predicted molar refractivity (Wildman–Crippen MR) is 71.0 cm³/mol. The molecule has 3 unspecified atom stereocenters. The Labute approximate surface area is 106 Å². The summed E-state index contributed by atoms with van der Waals surface area (Å²) in [5, 5.41) is 3.06. The van der Waals surface area contributed by atoms with Crippen LogP contribution in [-0.4, -0.2) is 49.0 Å². The van der Waals surface area contributed by atoms with Crippen molar-refractivity contribution in [1.82, 2.24) is 10.0 Å². The van der Waals surface area contributed by atoms with Crippen molar-refractivity contribution in [1.29, 1.82) is 0 Å². The molecule has 0 aromatic heterocycles. The van der Waals surface area contributed by atoms with Gasteiger partial charge in [-0.3, -0.25) is 4.21 Å². The third-order valence-corrected chi connectivity index (χ3v) is 5.74. The molecule has 0 aliphatic carbocycles. The summed E-state index contributed by atoms with van der Waals surface area (Å²) in [6.45, 7) is 2.92. The Morgan fingerprint density at radius 2 is 2.18 bits per heavy atom. The Hall–Kier alpha value is 0.0200. The Kier molecular flexibility index (Phi) is 6.05. The van der Waals surface area contributed by atoms with Gasteiger partial charge < -0.3 is 5.32 Å². The summed E-state index contributed by atoms with van der Waals surface area (Å²) in [6.07, 6.45) is 4.70. The molecule has 0 saturated carbocycles. The van der Waals surface area contributed by atoms with E-state index in [1.165, 1.54) is 0 Å². The maximum absolute atomic E-state index is 11.8. The van der Waals surface area contributed by atoms with Crippen molar-refractivity contribution in [3.05, 3.63) is 0 Å². The molecule has 7 heteroatoms. The van der Waals surface area contributed by atoms with Gasteiger partial charge in [-0.1, -0.05) is 6.42 Å². The van der Waals surface area contributed by atoms with Crippen molar-refractivity contribution in [2.24, 2.45) is 0 Å². The topological polar surface area (TPSA) is 75.3 Å². The number of hydrogen-bond donors (Lipinski definition) is 2. The lowest BCUT2D eigenvalue weighted by Crippen LogP contribution is -2.44. The van der Waals surface area contributed by atoms with Crippen LogP contribution in [0.5, 0.6) is 0 Å². The molecule has 1 fully saturated rings. The number of sulfonamides is 1. The van der Waals surface area contributed by atoms with E-state index in [2.05, 4.69) is 10.0 Å². The van der Waals surface area contributed by atoms with Gasteiger partial charge in [0.25, 0.3) is 0 Å². The smallest absolute Gasteiger partial charge is 0.213 e. The fourth-order valence-corrected chi connectivity index (χ4v) is 3.61. The van der Waals surface area contributed by atoms with Gasteiger partial charge in [0.2, 0.25) is 10.0 Å². The second-order valence-corrected chi connectivity index (χ2v) is 8.24. The standard InChI is InChI=1S/C10H22N2O3S2/c1-9(16(2)13)7-12-17(14,15)8-10-5-3-4-6-11-10/h9-12H,3-8H2,1-2H3. The molecular weight excluding hydrogens is 260 g/mol. The van der Waals surface area contributed by atoms with E-state index in [1.807, 2.05) is 0 Å². The van der Waals surface area contributed by atoms with Gasteiger partial charge in [0.15, 0.2) is 0 Å². The minimum atomic E-state index is -3.26. The maximum Gasteiger partial charge on any atom is 0.213 e. The highest BCUT2D eigenvalue weighted by atomic mass is 32.2. The van der Waals surface area contributed by atoms with E-state index in [-0.39, 0.29) is 23.6 Å². The molecule has 1 saturated heterocycles. The van der Waals surface area contributed by atoms with Gasteiger partial charge in [0.05, 0.1) is 5.75 Å². The highest BCUT2D eigenvalue weighted by Gasteiger charge is 2.21. The van der Waals surface area contributed by atoms with Crippen LogP contribution in [0.4, 0.5) is 0 Å². The molecule has 0 bridgehead atoms. The first-order chi connectivity index (χ1) is 7.91. The number of piperidine rings is 1. The van der Waals surface area contributed by atoms with Crippen LogP contribution in [0.15, 0.2) is 0 Å². The molecule has 0 spiro atoms. The number of nitrogens with one attached hydrogen (secondary N) is 2. The fraction of sp³-hybridized carbons (Fsp3) is 1.00. The van der Waals surface area contributed by atoms with Crippen LogP contribution in [-0.2, 0) is 20.8 Å². The van der Waals surface area contributed by atoms with Crippen LogP contribution in [0.1, 0.15) is 26.2 Å². The van der Waals surface area contributed by atoms with Gasteiger partial charge in [-0.2, -0.15) is 0 Å². The van der Waals surface area contributed by atoms with E-state index in [4.69, 9.17) is 0 Å². The summed E-state index contributed by atoms with van der Waals surface area (Å²) in [5.41, 5.74) is 0. The highest BCUT2D eigenvalue weighted by molar-refractivity contribution is 7.89. The van der Waals surface area contributed by atoms with Crippen LogP contribution in [0, 0.1) is 0 Å². The molecule has 17 heavy (non-hydrogen) atoms. The summed E-state index contributed by atoms with van der Waals surface area (Å²) in [7, 11) is -4.25. The number of hydrogen-bond acceptors (Lipinski definition) is 4. The van der Waals surface area contributed by atoms with Crippen molar-refractivity contribution in [3.63, 3.8) is 0 Å². The van der Waals surface area contributed by atoms with Crippen molar-refractivity contribution < 1.29 is 12.6 Å². The van der Waals surface area contributed by atoms with Crippen molar-refractivity contribution in [3.8, 4) is 0 Å². The molecule has 102 valence electrons. The lowest BCUT2D eigenvalue weighted by molar-refractivity contribution is 0.422. The molecule has 2 N–H and O–H groups in total. The van der Waals surface area contributed by atoms with Crippen molar-refractivity contribution in [2.45, 2.75) is 37.5 Å². The summed E-state index contributed by atoms with van der Waals surface area (Å²) in [6, 6.07) is 0.0590. The van der Waals surface area contributed by atoms with Gasteiger partial charge in [0.1, 0.15) is 0 Å². The molecule has 1 heterocycles. The molecule has 0 aromatic rings. The van der Waals surface area contributed by atoms with Gasteiger partial charge >= 0.3 is 0 Å². The third kappa shape index (κ3) is 5.94. The summed E-state index contributed by atoms with van der Waals surface area (Å²) in [5.74, 6) is 0.121. The highest BCUT2D eigenvalue weighted by Crippen LogP contribution is 2.08. The molecule has 0 radical (unpaired) electrons. The molecule has 0 amide bonds. The van der Waals surface area contributed by atoms with E-state index in [9.17, 15) is 12.6 Å². The third-order valence-electron chi connectivity index (χ3n) is 2.99. The fourth-order valence-electron chi connectivity index (χ4n) is 1.75. The molecule has 1 aliphatic heterocycles. The van der Waals surface area contributed by atoms with E-state index >= 15 is 0 Å². The quantitative estimate of drug-likeness (QED) is 0.708. The Morgan fingerprint density at radius 1 is 1.47 bits per heavy atom. The minimum absolute atomic E-state index is 0.0590. The first kappa shape index (κ1) is 15.1. The summed E-state index contributed by atoms with van der Waals surface area (Å²) in [4.78, 5) is 0. The van der Waals surface area contributed by atoms with Gasteiger partial charge in [-0.25, -0.2) is 13.1 Å². The second kappa shape index (κ2) is 6.82. The summed E-state index contributed by atoms with van der Waals surface area (Å²) < 4.78 is 37.2. The first-order valence-electron chi connectivity index (χ1n) is 5.93. The number of rotatable bonds is 6. The van der Waals surface area contributed by atoms with E-state index in [0.29, 0.717) is 0 Å². The maximum atomic E-state index is 11.8. The Morgan fingerprint density at radius 3 is 2.71 bits per heavy atom. The molecule has 1 rings (SSSR count). The molecule has 1 aliphatic rings. The lowest BCUT2D eigenvalue weighted by atomic mass is 10.1. The van der Waals surface area contributed by atoms with Crippen LogP contribution in [0.3, 0.4) is 0 Å². The minimum Gasteiger partial charge on any atom is -0.313 e. The average molecular weight is 282 g/mol. The van der Waals surface area contributed by atoms with Crippen molar-refractivity contribution >= 4 is 20.8 Å². The van der Waals surface area contributed by atoms with Crippen LogP contribution < -0.4 is 10.0 Å². The van der Waals surface area contributed by atoms with E-state index in [1.54, 1.807) is 13.2 Å². The zero-order valence-corrected chi connectivity index (χ0v) is 12.1. The van der Waals surface area contributed by atoms with Crippen molar-refractivity contribution in [2.75, 3.05) is 25.1 Å². The summed E-state index contributed by atoms with van der Waals surface area (Å²) >= 11 is 0. The van der Waals surface area contributed by atoms with Gasteiger partial charge in [-0.15, -0.1) is 0 Å². The zero-order valence-electron chi connectivity index (χ0n) is 10.4.